The van der Waals surface area contributed by atoms with Crippen LogP contribution in [-0.4, -0.2) is 40.1 Å². The molecule has 1 amide bonds. The van der Waals surface area contributed by atoms with Gasteiger partial charge in [-0.25, -0.2) is 4.79 Å². The summed E-state index contributed by atoms with van der Waals surface area (Å²) in [7, 11) is 0. The number of rotatable bonds is 2. The molecule has 0 radical (unpaired) electrons. The van der Waals surface area contributed by atoms with Gasteiger partial charge in [-0.15, -0.1) is 11.8 Å². The van der Waals surface area contributed by atoms with Crippen molar-refractivity contribution in [2.24, 2.45) is 0 Å². The van der Waals surface area contributed by atoms with Crippen LogP contribution in [0.3, 0.4) is 0 Å². The molecule has 0 bridgehead atoms. The first-order valence-electron chi connectivity index (χ1n) is 6.71. The Balaban J connectivity index is 2.22. The molecular weight excluding hydrogens is 274 g/mol. The zero-order chi connectivity index (χ0) is 14.8. The Kier molecular flexibility index (Phi) is 4.60. The Morgan fingerprint density at radius 2 is 2.05 bits per heavy atom. The fraction of sp³-hybridized carbons (Fsp3) is 0.533. The number of ether oxygens (including phenoxy) is 1. The fourth-order valence-electron chi connectivity index (χ4n) is 2.13. The average molecular weight is 295 g/mol. The molecule has 2 rings (SSSR count). The molecule has 0 aromatic heterocycles. The summed E-state index contributed by atoms with van der Waals surface area (Å²) in [6.45, 7) is 5.49. The van der Waals surface area contributed by atoms with Crippen molar-refractivity contribution in [2.75, 3.05) is 12.4 Å². The number of aliphatic hydroxyl groups excluding tert-OH is 1. The van der Waals surface area contributed by atoms with E-state index in [0.29, 0.717) is 0 Å². The zero-order valence-corrected chi connectivity index (χ0v) is 12.9. The van der Waals surface area contributed by atoms with Gasteiger partial charge in [0.05, 0.1) is 12.6 Å². The molecule has 0 aliphatic carbocycles. The van der Waals surface area contributed by atoms with Crippen LogP contribution in [0.25, 0.3) is 0 Å². The van der Waals surface area contributed by atoms with E-state index in [1.165, 1.54) is 0 Å². The van der Waals surface area contributed by atoms with Gasteiger partial charge in [0.15, 0.2) is 0 Å². The van der Waals surface area contributed by atoms with E-state index in [1.54, 1.807) is 16.7 Å². The van der Waals surface area contributed by atoms with Gasteiger partial charge in [0.2, 0.25) is 0 Å². The second-order valence-corrected chi connectivity index (χ2v) is 6.93. The lowest BCUT2D eigenvalue weighted by molar-refractivity contribution is 0.0117. The lowest BCUT2D eigenvalue weighted by Crippen LogP contribution is -2.43. The maximum Gasteiger partial charge on any atom is 0.411 e. The van der Waals surface area contributed by atoms with Gasteiger partial charge in [0.1, 0.15) is 11.0 Å². The first kappa shape index (κ1) is 15.2. The highest BCUT2D eigenvalue weighted by molar-refractivity contribution is 7.99. The minimum absolute atomic E-state index is 0.0461. The normalized spacial score (nSPS) is 22.9. The van der Waals surface area contributed by atoms with Crippen molar-refractivity contribution in [1.29, 1.82) is 0 Å². The summed E-state index contributed by atoms with van der Waals surface area (Å²) in [5, 5.41) is 9.39. The molecule has 1 N–H and O–H groups in total. The van der Waals surface area contributed by atoms with Crippen LogP contribution in [0.4, 0.5) is 4.79 Å². The third kappa shape index (κ3) is 3.46. The molecule has 1 aliphatic rings. The lowest BCUT2D eigenvalue weighted by atomic mass is 10.2. The molecule has 20 heavy (non-hydrogen) atoms. The van der Waals surface area contributed by atoms with E-state index in [1.807, 2.05) is 51.1 Å². The van der Waals surface area contributed by atoms with Gasteiger partial charge in [-0.05, 0) is 26.3 Å². The van der Waals surface area contributed by atoms with Gasteiger partial charge >= 0.3 is 6.09 Å². The SMILES string of the molecule is CC(C)(C)OC(=O)N1[C@H](CO)CS[C@@H]1c1ccccc1. The molecule has 1 saturated heterocycles. The van der Waals surface area contributed by atoms with Crippen molar-refractivity contribution in [3.8, 4) is 0 Å². The summed E-state index contributed by atoms with van der Waals surface area (Å²) in [6.07, 6.45) is -0.365. The number of carbonyl (C=O) groups is 1. The van der Waals surface area contributed by atoms with E-state index in [9.17, 15) is 9.90 Å². The third-order valence-corrected chi connectivity index (χ3v) is 4.38. The highest BCUT2D eigenvalue weighted by atomic mass is 32.2. The van der Waals surface area contributed by atoms with Gasteiger partial charge in [0, 0.05) is 5.75 Å². The standard InChI is InChI=1S/C15H21NO3S/c1-15(2,3)19-14(18)16-12(9-17)10-20-13(16)11-7-5-4-6-8-11/h4-8,12-13,17H,9-10H2,1-3H3/t12-,13-/m1/s1. The van der Waals surface area contributed by atoms with E-state index in [4.69, 9.17) is 4.74 Å². The molecule has 1 aliphatic heterocycles. The van der Waals surface area contributed by atoms with Crippen molar-refractivity contribution < 1.29 is 14.6 Å². The number of amides is 1. The number of hydrogen-bond acceptors (Lipinski definition) is 4. The van der Waals surface area contributed by atoms with Crippen LogP contribution >= 0.6 is 11.8 Å². The van der Waals surface area contributed by atoms with Gasteiger partial charge in [-0.2, -0.15) is 0 Å². The van der Waals surface area contributed by atoms with Crippen LogP contribution < -0.4 is 0 Å². The number of nitrogens with zero attached hydrogens (tertiary/aromatic N) is 1. The quantitative estimate of drug-likeness (QED) is 0.911. The maximum atomic E-state index is 12.4. The zero-order valence-electron chi connectivity index (χ0n) is 12.1. The molecule has 1 aromatic rings. The van der Waals surface area contributed by atoms with Crippen molar-refractivity contribution in [3.05, 3.63) is 35.9 Å². The average Bonchev–Trinajstić information content (AvgIpc) is 2.81. The molecule has 0 spiro atoms. The first-order chi connectivity index (χ1) is 9.42. The Morgan fingerprint density at radius 1 is 1.40 bits per heavy atom. The topological polar surface area (TPSA) is 49.8 Å². The predicted octanol–water partition coefficient (Wildman–Crippen LogP) is 3.03. The van der Waals surface area contributed by atoms with Crippen molar-refractivity contribution in [1.82, 2.24) is 4.90 Å². The Labute approximate surface area is 124 Å². The minimum atomic E-state index is -0.536. The van der Waals surface area contributed by atoms with Crippen LogP contribution in [0, 0.1) is 0 Å². The molecule has 0 unspecified atom stereocenters. The molecule has 5 heteroatoms. The summed E-state index contributed by atoms with van der Waals surface area (Å²) >= 11 is 1.66. The van der Waals surface area contributed by atoms with Crippen LogP contribution in [0.15, 0.2) is 30.3 Å². The number of carbonyl (C=O) groups excluding carboxylic acids is 1. The monoisotopic (exact) mass is 295 g/mol. The first-order valence-corrected chi connectivity index (χ1v) is 7.76. The second kappa shape index (κ2) is 6.06. The number of thioether (sulfide) groups is 1. The molecule has 0 saturated carbocycles. The molecule has 1 heterocycles. The Hall–Kier alpha value is -1.20. The smallest absolute Gasteiger partial charge is 0.411 e. The van der Waals surface area contributed by atoms with Crippen LogP contribution in [0.2, 0.25) is 0 Å². The number of benzene rings is 1. The third-order valence-electron chi connectivity index (χ3n) is 2.99. The van der Waals surface area contributed by atoms with E-state index >= 15 is 0 Å². The van der Waals surface area contributed by atoms with Gasteiger partial charge in [-0.1, -0.05) is 30.3 Å². The largest absolute Gasteiger partial charge is 0.444 e. The second-order valence-electron chi connectivity index (χ2n) is 5.82. The van der Waals surface area contributed by atoms with Gasteiger partial charge in [-0.3, -0.25) is 4.90 Å². The van der Waals surface area contributed by atoms with E-state index in [2.05, 4.69) is 0 Å². The molecule has 2 atom stereocenters. The van der Waals surface area contributed by atoms with Crippen LogP contribution in [0.5, 0.6) is 0 Å². The van der Waals surface area contributed by atoms with Gasteiger partial charge in [0.25, 0.3) is 0 Å². The van der Waals surface area contributed by atoms with Crippen LogP contribution in [-0.2, 0) is 4.74 Å². The molecule has 110 valence electrons. The fourth-order valence-corrected chi connectivity index (χ4v) is 3.57. The van der Waals surface area contributed by atoms with Crippen LogP contribution in [0.1, 0.15) is 31.7 Å². The molecule has 1 aromatic carbocycles. The summed E-state index contributed by atoms with van der Waals surface area (Å²) in [5.41, 5.74) is 0.519. The van der Waals surface area contributed by atoms with Crippen molar-refractivity contribution >= 4 is 17.9 Å². The highest BCUT2D eigenvalue weighted by Crippen LogP contribution is 2.41. The summed E-state index contributed by atoms with van der Waals surface area (Å²) in [6, 6.07) is 9.65. The highest BCUT2D eigenvalue weighted by Gasteiger charge is 2.40. The lowest BCUT2D eigenvalue weighted by Gasteiger charge is -2.31. The van der Waals surface area contributed by atoms with Gasteiger partial charge < -0.3 is 9.84 Å². The van der Waals surface area contributed by atoms with Crippen molar-refractivity contribution in [2.45, 2.75) is 37.8 Å². The molecule has 4 nitrogen and oxygen atoms in total. The minimum Gasteiger partial charge on any atom is -0.444 e. The molecular formula is C15H21NO3S. The summed E-state index contributed by atoms with van der Waals surface area (Å²) in [4.78, 5) is 14.1. The Bertz CT molecular complexity index is 458. The van der Waals surface area contributed by atoms with Crippen molar-refractivity contribution in [3.63, 3.8) is 0 Å². The number of hydrogen-bond donors (Lipinski definition) is 1. The predicted molar refractivity (Wildman–Crippen MR) is 80.6 cm³/mol. The number of aliphatic hydroxyl groups is 1. The van der Waals surface area contributed by atoms with E-state index < -0.39 is 5.60 Å². The van der Waals surface area contributed by atoms with E-state index in [-0.39, 0.29) is 24.1 Å². The molecule has 1 fully saturated rings. The van der Waals surface area contributed by atoms with E-state index in [0.717, 1.165) is 11.3 Å². The maximum absolute atomic E-state index is 12.4. The summed E-state index contributed by atoms with van der Waals surface area (Å²) in [5.74, 6) is 0.718. The summed E-state index contributed by atoms with van der Waals surface area (Å²) < 4.78 is 5.47. The Morgan fingerprint density at radius 3 is 2.60 bits per heavy atom.